The first-order chi connectivity index (χ1) is 11.6. The molecule has 0 spiro atoms. The molecule has 126 valence electrons. The Balaban J connectivity index is 1.90. The maximum atomic E-state index is 13.0. The number of allylic oxidation sites excluding steroid dienone is 1. The normalized spacial score (nSPS) is 19.5. The number of aryl methyl sites for hydroxylation is 1. The molecule has 5 heteroatoms. The number of carboxylic acids is 1. The van der Waals surface area contributed by atoms with Crippen LogP contribution in [0.3, 0.4) is 0 Å². The van der Waals surface area contributed by atoms with Crippen molar-refractivity contribution in [3.05, 3.63) is 57.6 Å². The number of carboxylic acid groups (broad SMARTS) is 1. The van der Waals surface area contributed by atoms with Crippen molar-refractivity contribution >= 4 is 23.5 Å². The van der Waals surface area contributed by atoms with Crippen LogP contribution in [-0.2, 0) is 11.2 Å². The fraction of sp³-hybridized carbons (Fsp3) is 0.368. The molecule has 1 aromatic carbocycles. The third kappa shape index (κ3) is 2.88. The second-order valence-corrected chi connectivity index (χ2v) is 6.96. The van der Waals surface area contributed by atoms with Crippen LogP contribution in [0.15, 0.2) is 46.5 Å². The minimum atomic E-state index is -0.888. The molecule has 1 N–H and O–H groups in total. The predicted molar refractivity (Wildman–Crippen MR) is 96.1 cm³/mol. The zero-order chi connectivity index (χ0) is 17.3. The van der Waals surface area contributed by atoms with Crippen molar-refractivity contribution in [3.63, 3.8) is 0 Å². The van der Waals surface area contributed by atoms with Crippen molar-refractivity contribution in [3.8, 4) is 0 Å². The number of thioether (sulfide) groups is 1. The molecule has 1 aromatic rings. The number of hydrogen-bond donors (Lipinski definition) is 1. The Morgan fingerprint density at radius 1 is 1.29 bits per heavy atom. The molecule has 1 atom stereocenters. The highest BCUT2D eigenvalue weighted by Crippen LogP contribution is 2.40. The van der Waals surface area contributed by atoms with Crippen molar-refractivity contribution < 1.29 is 14.7 Å². The van der Waals surface area contributed by atoms with E-state index in [-0.39, 0.29) is 11.8 Å². The summed E-state index contributed by atoms with van der Waals surface area (Å²) in [6, 6.07) is 7.42. The number of nitrogens with zero attached hydrogens (tertiary/aromatic N) is 1. The summed E-state index contributed by atoms with van der Waals surface area (Å²) in [4.78, 5) is 27.3. The minimum Gasteiger partial charge on any atom is -0.478 e. The third-order valence-corrected chi connectivity index (χ3v) is 5.41. The lowest BCUT2D eigenvalue weighted by atomic mass is 10.0. The van der Waals surface area contributed by atoms with Gasteiger partial charge in [0.2, 0.25) is 0 Å². The predicted octanol–water partition coefficient (Wildman–Crippen LogP) is 3.50. The van der Waals surface area contributed by atoms with Crippen LogP contribution in [0, 0.1) is 0 Å². The van der Waals surface area contributed by atoms with Gasteiger partial charge in [0.1, 0.15) is 6.04 Å². The molecule has 1 unspecified atom stereocenters. The van der Waals surface area contributed by atoms with Crippen LogP contribution in [0.2, 0.25) is 0 Å². The van der Waals surface area contributed by atoms with Crippen LogP contribution < -0.4 is 0 Å². The number of hydrogen-bond acceptors (Lipinski definition) is 4. The Hall–Kier alpha value is -2.01. The van der Waals surface area contributed by atoms with Crippen LogP contribution >= 0.6 is 11.8 Å². The monoisotopic (exact) mass is 343 g/mol. The van der Waals surface area contributed by atoms with E-state index in [0.29, 0.717) is 29.8 Å². The molecular formula is C19H21NO3S. The lowest BCUT2D eigenvalue weighted by molar-refractivity contribution is -0.132. The molecule has 0 bridgehead atoms. The van der Waals surface area contributed by atoms with Gasteiger partial charge in [-0.15, -0.1) is 11.8 Å². The van der Waals surface area contributed by atoms with Crippen molar-refractivity contribution in [2.24, 2.45) is 0 Å². The number of rotatable bonds is 6. The van der Waals surface area contributed by atoms with Gasteiger partial charge in [-0.3, -0.25) is 4.79 Å². The van der Waals surface area contributed by atoms with E-state index in [1.54, 1.807) is 0 Å². The second-order valence-electron chi connectivity index (χ2n) is 6.08. The molecule has 0 saturated carbocycles. The van der Waals surface area contributed by atoms with E-state index in [9.17, 15) is 14.7 Å². The van der Waals surface area contributed by atoms with Gasteiger partial charge in [0, 0.05) is 22.7 Å². The number of ketones is 1. The van der Waals surface area contributed by atoms with Gasteiger partial charge in [-0.2, -0.15) is 0 Å². The highest BCUT2D eigenvalue weighted by Gasteiger charge is 2.41. The zero-order valence-corrected chi connectivity index (χ0v) is 14.7. The lowest BCUT2D eigenvalue weighted by Crippen LogP contribution is -2.36. The van der Waals surface area contributed by atoms with Crippen molar-refractivity contribution in [2.45, 2.75) is 32.2 Å². The highest BCUT2D eigenvalue weighted by molar-refractivity contribution is 8.02. The Kier molecular flexibility index (Phi) is 4.81. The van der Waals surface area contributed by atoms with Crippen LogP contribution in [0.25, 0.3) is 0 Å². The van der Waals surface area contributed by atoms with Crippen molar-refractivity contribution in [1.82, 2.24) is 4.90 Å². The molecule has 0 radical (unpaired) electrons. The summed E-state index contributed by atoms with van der Waals surface area (Å²) in [5, 5.41) is 9.34. The van der Waals surface area contributed by atoms with Crippen molar-refractivity contribution in [2.75, 3.05) is 12.8 Å². The van der Waals surface area contributed by atoms with Crippen LogP contribution in [0.1, 0.15) is 35.7 Å². The summed E-state index contributed by atoms with van der Waals surface area (Å²) < 4.78 is 0. The van der Waals surface area contributed by atoms with E-state index in [1.807, 2.05) is 41.5 Å². The van der Waals surface area contributed by atoms with Gasteiger partial charge in [-0.1, -0.05) is 37.6 Å². The van der Waals surface area contributed by atoms with Gasteiger partial charge >= 0.3 is 5.97 Å². The Morgan fingerprint density at radius 2 is 2.00 bits per heavy atom. The molecule has 2 aliphatic rings. The van der Waals surface area contributed by atoms with Gasteiger partial charge < -0.3 is 10.0 Å². The maximum Gasteiger partial charge on any atom is 0.333 e. The molecule has 24 heavy (non-hydrogen) atoms. The average Bonchev–Trinajstić information content (AvgIpc) is 3.13. The highest BCUT2D eigenvalue weighted by atomic mass is 32.2. The summed E-state index contributed by atoms with van der Waals surface area (Å²) >= 11 is 1.52. The van der Waals surface area contributed by atoms with E-state index < -0.39 is 5.97 Å². The molecule has 0 fully saturated rings. The molecule has 3 rings (SSSR count). The zero-order valence-electron chi connectivity index (χ0n) is 13.9. The summed E-state index contributed by atoms with van der Waals surface area (Å²) in [7, 11) is 0. The summed E-state index contributed by atoms with van der Waals surface area (Å²) in [6.45, 7) is 2.72. The van der Waals surface area contributed by atoms with Gasteiger partial charge in [0.25, 0.3) is 0 Å². The number of benzene rings is 1. The summed E-state index contributed by atoms with van der Waals surface area (Å²) in [5.74, 6) is -0.846. The minimum absolute atomic E-state index is 0.0419. The topological polar surface area (TPSA) is 57.6 Å². The van der Waals surface area contributed by atoms with Crippen LogP contribution in [0.4, 0.5) is 0 Å². The van der Waals surface area contributed by atoms with Gasteiger partial charge in [0.15, 0.2) is 5.78 Å². The Labute approximate surface area is 146 Å². The standard InChI is InChI=1S/C19H21NO3S/c1-3-4-12-5-7-13(8-6-12)18(21)17-16(24-2)11-15-14(19(22)23)9-10-20(15)17/h5-8,11,17H,3-4,9-10H2,1-2H3,(H,22,23). The van der Waals surface area contributed by atoms with Crippen LogP contribution in [-0.4, -0.2) is 40.6 Å². The van der Waals surface area contributed by atoms with Gasteiger partial charge in [-0.25, -0.2) is 4.79 Å². The fourth-order valence-electron chi connectivity index (χ4n) is 3.40. The second kappa shape index (κ2) is 6.85. The summed E-state index contributed by atoms with van der Waals surface area (Å²) in [6.07, 6.45) is 6.38. The first kappa shape index (κ1) is 16.8. The molecule has 2 aliphatic heterocycles. The Bertz CT molecular complexity index is 733. The average molecular weight is 343 g/mol. The molecule has 0 aliphatic carbocycles. The van der Waals surface area contributed by atoms with Crippen molar-refractivity contribution in [1.29, 1.82) is 0 Å². The largest absolute Gasteiger partial charge is 0.478 e. The number of carbonyl (C=O) groups excluding carboxylic acids is 1. The number of fused-ring (bicyclic) bond motifs is 1. The first-order valence-electron chi connectivity index (χ1n) is 8.18. The number of Topliss-reactive ketones (excluding diaryl/α,β-unsaturated/α-hetero) is 1. The van der Waals surface area contributed by atoms with E-state index in [2.05, 4.69) is 6.92 Å². The Morgan fingerprint density at radius 3 is 2.58 bits per heavy atom. The molecule has 0 aromatic heterocycles. The van der Waals surface area contributed by atoms with Gasteiger partial charge in [-0.05, 0) is 30.7 Å². The molecule has 0 amide bonds. The molecular weight excluding hydrogens is 322 g/mol. The van der Waals surface area contributed by atoms with E-state index >= 15 is 0 Å². The molecule has 2 heterocycles. The van der Waals surface area contributed by atoms with Crippen LogP contribution in [0.5, 0.6) is 0 Å². The quantitative estimate of drug-likeness (QED) is 0.801. The fourth-order valence-corrected chi connectivity index (χ4v) is 4.09. The SMILES string of the molecule is CCCc1ccc(C(=O)C2C(SC)=CC3=C(C(=O)O)CCN32)cc1. The van der Waals surface area contributed by atoms with E-state index in [0.717, 1.165) is 17.7 Å². The van der Waals surface area contributed by atoms with E-state index in [4.69, 9.17) is 0 Å². The number of carbonyl (C=O) groups is 2. The number of aliphatic carboxylic acids is 1. The maximum absolute atomic E-state index is 13.0. The first-order valence-corrected chi connectivity index (χ1v) is 9.41. The van der Waals surface area contributed by atoms with E-state index in [1.165, 1.54) is 17.3 Å². The lowest BCUT2D eigenvalue weighted by Gasteiger charge is -2.25. The molecule has 4 nitrogen and oxygen atoms in total. The van der Waals surface area contributed by atoms with Gasteiger partial charge in [0.05, 0.1) is 5.57 Å². The summed E-state index contributed by atoms with van der Waals surface area (Å²) in [5.41, 5.74) is 3.03. The molecule has 0 saturated heterocycles. The third-order valence-electron chi connectivity index (χ3n) is 4.60. The smallest absolute Gasteiger partial charge is 0.333 e.